The average Bonchev–Trinajstić information content (AvgIpc) is 2.18. The highest BCUT2D eigenvalue weighted by molar-refractivity contribution is 9.10. The normalized spacial score (nSPS) is 10.0. The molecule has 0 aliphatic heterocycles. The van der Waals surface area contributed by atoms with Crippen LogP contribution in [0.3, 0.4) is 0 Å². The Labute approximate surface area is 96.3 Å². The van der Waals surface area contributed by atoms with Gasteiger partial charge in [0.25, 0.3) is 0 Å². The maximum absolute atomic E-state index is 11.3. The number of carbonyl (C=O) groups is 1. The zero-order valence-corrected chi connectivity index (χ0v) is 10.3. The van der Waals surface area contributed by atoms with Gasteiger partial charge in [-0.1, -0.05) is 34.5 Å². The van der Waals surface area contributed by atoms with Gasteiger partial charge < -0.3 is 4.74 Å². The van der Waals surface area contributed by atoms with Crippen molar-refractivity contribution in [1.82, 2.24) is 0 Å². The van der Waals surface area contributed by atoms with Gasteiger partial charge in [-0.15, -0.1) is 0 Å². The Morgan fingerprint density at radius 3 is 2.71 bits per heavy atom. The maximum Gasteiger partial charge on any atom is 0.339 e. The Morgan fingerprint density at radius 2 is 2.21 bits per heavy atom. The summed E-state index contributed by atoms with van der Waals surface area (Å²) in [5.41, 5.74) is 1.34. The molecule has 0 aliphatic rings. The van der Waals surface area contributed by atoms with E-state index in [1.54, 1.807) is 12.1 Å². The van der Waals surface area contributed by atoms with Gasteiger partial charge in [-0.2, -0.15) is 0 Å². The van der Waals surface area contributed by atoms with Gasteiger partial charge in [0.15, 0.2) is 0 Å². The standard InChI is InChI=1S/C10H10BrClO2/c1-3-6-8(11)5-4-7(9(6)12)10(13)14-2/h4-5H,3H2,1-2H3. The van der Waals surface area contributed by atoms with Crippen molar-refractivity contribution < 1.29 is 9.53 Å². The minimum atomic E-state index is -0.405. The van der Waals surface area contributed by atoms with E-state index in [1.165, 1.54) is 7.11 Å². The highest BCUT2D eigenvalue weighted by Gasteiger charge is 2.14. The van der Waals surface area contributed by atoms with E-state index in [4.69, 9.17) is 11.6 Å². The lowest BCUT2D eigenvalue weighted by Gasteiger charge is -2.08. The van der Waals surface area contributed by atoms with Crippen molar-refractivity contribution in [1.29, 1.82) is 0 Å². The predicted molar refractivity (Wildman–Crippen MR) is 59.9 cm³/mol. The van der Waals surface area contributed by atoms with Crippen LogP contribution in [0.25, 0.3) is 0 Å². The highest BCUT2D eigenvalue weighted by atomic mass is 79.9. The molecule has 14 heavy (non-hydrogen) atoms. The van der Waals surface area contributed by atoms with Crippen molar-refractivity contribution in [2.75, 3.05) is 7.11 Å². The molecule has 0 aromatic heterocycles. The molecule has 4 heteroatoms. The molecule has 1 aromatic rings. The maximum atomic E-state index is 11.3. The van der Waals surface area contributed by atoms with Gasteiger partial charge in [0, 0.05) is 4.47 Å². The van der Waals surface area contributed by atoms with E-state index in [9.17, 15) is 4.79 Å². The van der Waals surface area contributed by atoms with E-state index in [0.29, 0.717) is 10.6 Å². The number of ether oxygens (including phenoxy) is 1. The minimum absolute atomic E-state index is 0.405. The van der Waals surface area contributed by atoms with E-state index < -0.39 is 5.97 Å². The fraction of sp³-hybridized carbons (Fsp3) is 0.300. The SMILES string of the molecule is CCc1c(Br)ccc(C(=O)OC)c1Cl. The number of rotatable bonds is 2. The Balaban J connectivity index is 3.28. The lowest BCUT2D eigenvalue weighted by atomic mass is 10.1. The van der Waals surface area contributed by atoms with Gasteiger partial charge in [-0.3, -0.25) is 0 Å². The summed E-state index contributed by atoms with van der Waals surface area (Å²) in [7, 11) is 1.34. The molecule has 0 heterocycles. The Kier molecular flexibility index (Phi) is 3.96. The molecular formula is C10H10BrClO2. The number of esters is 1. The number of methoxy groups -OCH3 is 1. The summed E-state index contributed by atoms with van der Waals surface area (Å²) in [6.45, 7) is 1.98. The van der Waals surface area contributed by atoms with Crippen LogP contribution in [0, 0.1) is 0 Å². The van der Waals surface area contributed by atoms with E-state index in [0.717, 1.165) is 16.5 Å². The number of hydrogen-bond donors (Lipinski definition) is 0. The molecular weight excluding hydrogens is 267 g/mol. The summed E-state index contributed by atoms with van der Waals surface area (Å²) in [6.07, 6.45) is 0.768. The lowest BCUT2D eigenvalue weighted by molar-refractivity contribution is 0.0601. The van der Waals surface area contributed by atoms with Gasteiger partial charge in [0.05, 0.1) is 17.7 Å². The molecule has 0 fully saturated rings. The second-order valence-electron chi connectivity index (χ2n) is 2.73. The third-order valence-electron chi connectivity index (χ3n) is 1.94. The molecule has 1 aromatic carbocycles. The smallest absolute Gasteiger partial charge is 0.339 e. The quantitative estimate of drug-likeness (QED) is 0.774. The van der Waals surface area contributed by atoms with Gasteiger partial charge in [-0.05, 0) is 24.1 Å². The van der Waals surface area contributed by atoms with Crippen molar-refractivity contribution in [2.24, 2.45) is 0 Å². The molecule has 0 saturated heterocycles. The molecule has 0 aliphatic carbocycles. The second kappa shape index (κ2) is 4.80. The van der Waals surface area contributed by atoms with Crippen LogP contribution in [0.4, 0.5) is 0 Å². The number of hydrogen-bond acceptors (Lipinski definition) is 2. The number of carbonyl (C=O) groups excluding carboxylic acids is 1. The lowest BCUT2D eigenvalue weighted by Crippen LogP contribution is -2.03. The Morgan fingerprint density at radius 1 is 1.57 bits per heavy atom. The first-order valence-electron chi connectivity index (χ1n) is 4.17. The molecule has 0 radical (unpaired) electrons. The predicted octanol–water partition coefficient (Wildman–Crippen LogP) is 3.45. The molecule has 2 nitrogen and oxygen atoms in total. The zero-order valence-electron chi connectivity index (χ0n) is 7.93. The van der Waals surface area contributed by atoms with Gasteiger partial charge >= 0.3 is 5.97 Å². The van der Waals surface area contributed by atoms with Gasteiger partial charge in [0.2, 0.25) is 0 Å². The Hall–Kier alpha value is -0.540. The summed E-state index contributed by atoms with van der Waals surface area (Å²) in [4.78, 5) is 11.3. The second-order valence-corrected chi connectivity index (χ2v) is 3.96. The summed E-state index contributed by atoms with van der Waals surface area (Å²) >= 11 is 9.43. The average molecular weight is 278 g/mol. The summed E-state index contributed by atoms with van der Waals surface area (Å²) in [5, 5.41) is 0.466. The van der Waals surface area contributed by atoms with E-state index in [2.05, 4.69) is 20.7 Å². The number of benzene rings is 1. The van der Waals surface area contributed by atoms with Crippen LogP contribution >= 0.6 is 27.5 Å². The molecule has 1 rings (SSSR count). The topological polar surface area (TPSA) is 26.3 Å². The fourth-order valence-electron chi connectivity index (χ4n) is 1.19. The zero-order chi connectivity index (χ0) is 10.7. The first kappa shape index (κ1) is 11.5. The monoisotopic (exact) mass is 276 g/mol. The van der Waals surface area contributed by atoms with Crippen molar-refractivity contribution in [2.45, 2.75) is 13.3 Å². The van der Waals surface area contributed by atoms with Crippen LogP contribution in [0.15, 0.2) is 16.6 Å². The summed E-state index contributed by atoms with van der Waals surface area (Å²) in [6, 6.07) is 3.45. The molecule has 0 unspecified atom stereocenters. The van der Waals surface area contributed by atoms with Crippen LogP contribution in [0.5, 0.6) is 0 Å². The fourth-order valence-corrected chi connectivity index (χ4v) is 2.29. The molecule has 0 spiro atoms. The first-order valence-corrected chi connectivity index (χ1v) is 5.34. The van der Waals surface area contributed by atoms with E-state index in [-0.39, 0.29) is 0 Å². The first-order chi connectivity index (χ1) is 6.61. The third kappa shape index (κ3) is 2.10. The highest BCUT2D eigenvalue weighted by Crippen LogP contribution is 2.29. The van der Waals surface area contributed by atoms with Crippen LogP contribution < -0.4 is 0 Å². The minimum Gasteiger partial charge on any atom is -0.465 e. The van der Waals surface area contributed by atoms with Crippen molar-refractivity contribution in [3.8, 4) is 0 Å². The molecule has 0 saturated carbocycles. The molecule has 0 amide bonds. The summed E-state index contributed by atoms with van der Waals surface area (Å²) < 4.78 is 5.53. The largest absolute Gasteiger partial charge is 0.465 e. The number of halogens is 2. The third-order valence-corrected chi connectivity index (χ3v) is 3.12. The Bertz CT molecular complexity index is 363. The van der Waals surface area contributed by atoms with Crippen molar-refractivity contribution in [3.05, 3.63) is 32.8 Å². The summed E-state index contributed by atoms with van der Waals surface area (Å²) in [5.74, 6) is -0.405. The van der Waals surface area contributed by atoms with Gasteiger partial charge in [0.1, 0.15) is 0 Å². The van der Waals surface area contributed by atoms with Crippen LogP contribution in [-0.4, -0.2) is 13.1 Å². The van der Waals surface area contributed by atoms with Crippen molar-refractivity contribution >= 4 is 33.5 Å². The van der Waals surface area contributed by atoms with Gasteiger partial charge in [-0.25, -0.2) is 4.79 Å². The molecule has 76 valence electrons. The van der Waals surface area contributed by atoms with E-state index in [1.807, 2.05) is 6.92 Å². The van der Waals surface area contributed by atoms with Crippen molar-refractivity contribution in [3.63, 3.8) is 0 Å². The van der Waals surface area contributed by atoms with Crippen LogP contribution in [0.1, 0.15) is 22.8 Å². The molecule has 0 bridgehead atoms. The van der Waals surface area contributed by atoms with Crippen LogP contribution in [-0.2, 0) is 11.2 Å². The van der Waals surface area contributed by atoms with Crippen LogP contribution in [0.2, 0.25) is 5.02 Å². The molecule has 0 atom stereocenters. The van der Waals surface area contributed by atoms with E-state index >= 15 is 0 Å². The molecule has 0 N–H and O–H groups in total.